The highest BCUT2D eigenvalue weighted by atomic mass is 127. The minimum Gasteiger partial charge on any atom is -0.379 e. The molecule has 1 fully saturated rings. The molecule has 11 heteroatoms. The summed E-state index contributed by atoms with van der Waals surface area (Å²) in [6.45, 7) is 5.83. The van der Waals surface area contributed by atoms with Gasteiger partial charge >= 0.3 is 6.18 Å². The molecule has 1 aliphatic heterocycles. The third kappa shape index (κ3) is 11.7. The predicted octanol–water partition coefficient (Wildman–Crippen LogP) is 0.902. The molecule has 0 aromatic rings. The van der Waals surface area contributed by atoms with Crippen LogP contribution in [0.3, 0.4) is 0 Å². The van der Waals surface area contributed by atoms with Gasteiger partial charge in [0.05, 0.1) is 13.2 Å². The number of nitrogens with zero attached hydrogens (tertiary/aromatic N) is 3. The van der Waals surface area contributed by atoms with E-state index in [0.717, 1.165) is 46.3 Å². The number of hydrogen-bond donors (Lipinski definition) is 2. The van der Waals surface area contributed by atoms with Crippen LogP contribution in [0.1, 0.15) is 13.3 Å². The van der Waals surface area contributed by atoms with E-state index in [1.807, 2.05) is 6.92 Å². The first-order chi connectivity index (χ1) is 11.8. The Bertz CT molecular complexity index is 432. The largest absolute Gasteiger partial charge is 0.406 e. The molecule has 7 nitrogen and oxygen atoms in total. The van der Waals surface area contributed by atoms with Crippen LogP contribution in [0.5, 0.6) is 0 Å². The lowest BCUT2D eigenvalue weighted by atomic mass is 10.3. The molecule has 1 saturated heterocycles. The molecule has 0 radical (unpaired) electrons. The molecule has 2 N–H and O–H groups in total. The fraction of sp³-hybridized carbons (Fsp3) is 0.867. The van der Waals surface area contributed by atoms with Crippen molar-refractivity contribution < 1.29 is 22.7 Å². The number of guanidine groups is 1. The third-order valence-electron chi connectivity index (χ3n) is 3.61. The van der Waals surface area contributed by atoms with Crippen molar-refractivity contribution in [1.82, 2.24) is 20.4 Å². The van der Waals surface area contributed by atoms with E-state index in [4.69, 9.17) is 4.74 Å². The van der Waals surface area contributed by atoms with E-state index in [0.29, 0.717) is 23.9 Å². The van der Waals surface area contributed by atoms with Crippen LogP contribution in [0, 0.1) is 0 Å². The number of ether oxygens (including phenoxy) is 1. The number of halogens is 4. The minimum atomic E-state index is -4.41. The van der Waals surface area contributed by atoms with E-state index >= 15 is 0 Å². The summed E-state index contributed by atoms with van der Waals surface area (Å²) in [5, 5.41) is 6.07. The topological polar surface area (TPSA) is 69.2 Å². The molecule has 1 heterocycles. The first-order valence-corrected chi connectivity index (χ1v) is 8.45. The Labute approximate surface area is 169 Å². The summed E-state index contributed by atoms with van der Waals surface area (Å²) < 4.78 is 42.1. The van der Waals surface area contributed by atoms with Gasteiger partial charge in [0.1, 0.15) is 13.1 Å². The molecule has 0 aromatic carbocycles. The summed E-state index contributed by atoms with van der Waals surface area (Å²) in [4.78, 5) is 18.7. The van der Waals surface area contributed by atoms with E-state index in [9.17, 15) is 18.0 Å². The van der Waals surface area contributed by atoms with Crippen LogP contribution in [0.4, 0.5) is 13.2 Å². The number of amides is 1. The van der Waals surface area contributed by atoms with Gasteiger partial charge in [-0.15, -0.1) is 24.0 Å². The first kappa shape index (κ1) is 25.2. The fourth-order valence-electron chi connectivity index (χ4n) is 2.30. The molecule has 1 rings (SSSR count). The smallest absolute Gasteiger partial charge is 0.379 e. The summed E-state index contributed by atoms with van der Waals surface area (Å²) in [6, 6.07) is 0. The zero-order chi connectivity index (χ0) is 18.7. The summed E-state index contributed by atoms with van der Waals surface area (Å²) in [7, 11) is 1.12. The summed E-state index contributed by atoms with van der Waals surface area (Å²) >= 11 is 0. The number of morpholine rings is 1. The van der Waals surface area contributed by atoms with Gasteiger partial charge < -0.3 is 20.3 Å². The molecule has 1 aliphatic rings. The van der Waals surface area contributed by atoms with Gasteiger partial charge in [-0.1, -0.05) is 0 Å². The molecule has 1 amide bonds. The SMILES string of the molecule is CCNC(=NCC(=O)N(C)CC(F)(F)F)NCCCN1CCOCC1.I. The van der Waals surface area contributed by atoms with Crippen LogP contribution >= 0.6 is 24.0 Å². The van der Waals surface area contributed by atoms with Crippen LogP contribution in [0.2, 0.25) is 0 Å². The fourth-order valence-corrected chi connectivity index (χ4v) is 2.30. The number of rotatable bonds is 8. The van der Waals surface area contributed by atoms with E-state index in [1.165, 1.54) is 0 Å². The van der Waals surface area contributed by atoms with Gasteiger partial charge in [0.25, 0.3) is 0 Å². The molecular formula is C15H29F3IN5O2. The maximum absolute atomic E-state index is 12.3. The maximum atomic E-state index is 12.3. The van der Waals surface area contributed by atoms with E-state index in [-0.39, 0.29) is 30.5 Å². The molecule has 0 atom stereocenters. The number of carbonyl (C=O) groups is 1. The Balaban J connectivity index is 0.00000625. The van der Waals surface area contributed by atoms with Gasteiger partial charge in [0.2, 0.25) is 5.91 Å². The van der Waals surface area contributed by atoms with Gasteiger partial charge in [0.15, 0.2) is 5.96 Å². The Kier molecular flexibility index (Phi) is 12.9. The molecule has 154 valence electrons. The Morgan fingerprint density at radius 2 is 1.92 bits per heavy atom. The van der Waals surface area contributed by atoms with Gasteiger partial charge in [0, 0.05) is 33.2 Å². The van der Waals surface area contributed by atoms with Crippen LogP contribution < -0.4 is 10.6 Å². The molecule has 0 unspecified atom stereocenters. The second-order valence-corrected chi connectivity index (χ2v) is 5.79. The number of likely N-dealkylation sites (N-methyl/N-ethyl adjacent to an activating group) is 1. The highest BCUT2D eigenvalue weighted by molar-refractivity contribution is 14.0. The molecule has 0 spiro atoms. The quantitative estimate of drug-likeness (QED) is 0.227. The Hall–Kier alpha value is -0.820. The predicted molar refractivity (Wildman–Crippen MR) is 105 cm³/mol. The number of alkyl halides is 3. The second kappa shape index (κ2) is 13.4. The standard InChI is InChI=1S/C15H28F3N5O2.HI/c1-3-19-14(20-5-4-6-23-7-9-25-10-8-23)21-11-13(24)22(2)12-15(16,17)18;/h3-12H2,1-2H3,(H2,19,20,21);1H. The van der Waals surface area contributed by atoms with Crippen molar-refractivity contribution in [3.63, 3.8) is 0 Å². The molecular weight excluding hydrogens is 466 g/mol. The highest BCUT2D eigenvalue weighted by Crippen LogP contribution is 2.15. The van der Waals surface area contributed by atoms with Gasteiger partial charge in [-0.05, 0) is 19.9 Å². The van der Waals surface area contributed by atoms with E-state index < -0.39 is 18.6 Å². The number of carbonyl (C=O) groups excluding carboxylic acids is 1. The van der Waals surface area contributed by atoms with Crippen LogP contribution in [-0.2, 0) is 9.53 Å². The zero-order valence-corrected chi connectivity index (χ0v) is 17.6. The van der Waals surface area contributed by atoms with E-state index in [1.54, 1.807) is 0 Å². The summed E-state index contributed by atoms with van der Waals surface area (Å²) in [6.07, 6.45) is -3.51. The second-order valence-electron chi connectivity index (χ2n) is 5.79. The number of nitrogens with one attached hydrogen (secondary N) is 2. The van der Waals surface area contributed by atoms with Crippen molar-refractivity contribution in [3.05, 3.63) is 0 Å². The van der Waals surface area contributed by atoms with Crippen molar-refractivity contribution in [2.24, 2.45) is 4.99 Å². The normalized spacial score (nSPS) is 16.0. The van der Waals surface area contributed by atoms with Gasteiger partial charge in [-0.3, -0.25) is 9.69 Å². The van der Waals surface area contributed by atoms with Crippen LogP contribution in [0.15, 0.2) is 4.99 Å². The molecule has 0 bridgehead atoms. The third-order valence-corrected chi connectivity index (χ3v) is 3.61. The van der Waals surface area contributed by atoms with Gasteiger partial charge in [-0.2, -0.15) is 13.2 Å². The summed E-state index contributed by atoms with van der Waals surface area (Å²) in [5.74, 6) is -0.249. The average molecular weight is 495 g/mol. The Morgan fingerprint density at radius 1 is 1.27 bits per heavy atom. The molecule has 0 aliphatic carbocycles. The number of aliphatic imine (C=N–C) groups is 1. The highest BCUT2D eigenvalue weighted by Gasteiger charge is 2.31. The van der Waals surface area contributed by atoms with Crippen molar-refractivity contribution in [1.29, 1.82) is 0 Å². The molecule has 26 heavy (non-hydrogen) atoms. The Morgan fingerprint density at radius 3 is 2.50 bits per heavy atom. The summed E-state index contributed by atoms with van der Waals surface area (Å²) in [5.41, 5.74) is 0. The number of hydrogen-bond acceptors (Lipinski definition) is 4. The minimum absolute atomic E-state index is 0. The van der Waals surface area contributed by atoms with Crippen LogP contribution in [-0.4, -0.2) is 93.9 Å². The van der Waals surface area contributed by atoms with Crippen molar-refractivity contribution in [3.8, 4) is 0 Å². The average Bonchev–Trinajstić information content (AvgIpc) is 2.55. The lowest BCUT2D eigenvalue weighted by molar-refractivity contribution is -0.157. The van der Waals surface area contributed by atoms with E-state index in [2.05, 4.69) is 20.5 Å². The van der Waals surface area contributed by atoms with Crippen molar-refractivity contribution in [2.75, 3.05) is 66.1 Å². The lowest BCUT2D eigenvalue weighted by Crippen LogP contribution is -2.42. The van der Waals surface area contributed by atoms with Gasteiger partial charge in [-0.25, -0.2) is 4.99 Å². The maximum Gasteiger partial charge on any atom is 0.406 e. The molecule has 0 aromatic heterocycles. The van der Waals surface area contributed by atoms with Crippen molar-refractivity contribution in [2.45, 2.75) is 19.5 Å². The molecule has 0 saturated carbocycles. The van der Waals surface area contributed by atoms with Crippen molar-refractivity contribution >= 4 is 35.8 Å². The lowest BCUT2D eigenvalue weighted by Gasteiger charge is -2.26. The first-order valence-electron chi connectivity index (χ1n) is 8.45. The monoisotopic (exact) mass is 495 g/mol. The van der Waals surface area contributed by atoms with Crippen LogP contribution in [0.25, 0.3) is 0 Å². The zero-order valence-electron chi connectivity index (χ0n) is 15.3.